The second kappa shape index (κ2) is 8.58. The van der Waals surface area contributed by atoms with Crippen LogP contribution in [-0.4, -0.2) is 15.1 Å². The molecule has 18 heavy (non-hydrogen) atoms. The van der Waals surface area contributed by atoms with Gasteiger partial charge in [0.15, 0.2) is 0 Å². The third-order valence-electron chi connectivity index (χ3n) is 1.95. The first kappa shape index (κ1) is 15.6. The van der Waals surface area contributed by atoms with Gasteiger partial charge in [0.1, 0.15) is 0 Å². The van der Waals surface area contributed by atoms with Crippen molar-refractivity contribution in [3.05, 3.63) is 57.0 Å². The van der Waals surface area contributed by atoms with Crippen LogP contribution in [-0.2, 0) is 12.5 Å². The Labute approximate surface area is 127 Å². The Bertz CT molecular complexity index is 452. The second-order valence-corrected chi connectivity index (χ2v) is 5.13. The second-order valence-electron chi connectivity index (χ2n) is 3.16. The zero-order valence-electron chi connectivity index (χ0n) is 9.35. The van der Waals surface area contributed by atoms with Gasteiger partial charge in [0.25, 0.3) is 0 Å². The predicted molar refractivity (Wildman–Crippen MR) is 79.4 cm³/mol. The third-order valence-corrected chi connectivity index (χ3v) is 3.64. The van der Waals surface area contributed by atoms with Crippen LogP contribution in [0.3, 0.4) is 0 Å². The van der Waals surface area contributed by atoms with E-state index in [0.29, 0.717) is 11.6 Å². The summed E-state index contributed by atoms with van der Waals surface area (Å²) in [5, 5.41) is 8.63. The van der Waals surface area contributed by atoms with Crippen LogP contribution in [0.25, 0.3) is 0 Å². The van der Waals surface area contributed by atoms with Crippen LogP contribution in [0.1, 0.15) is 11.4 Å². The summed E-state index contributed by atoms with van der Waals surface area (Å²) in [4.78, 5) is 7.92. The Morgan fingerprint density at radius 1 is 1.00 bits per heavy atom. The van der Waals surface area contributed by atoms with E-state index in [1.54, 1.807) is 12.4 Å². The molecule has 2 rings (SSSR count). The zero-order valence-corrected chi connectivity index (χ0v) is 13.3. The smallest absolute Gasteiger partial charge is 0.0864 e. The number of aliphatic hydroxyl groups is 1. The molecule has 0 unspecified atom stereocenters. The van der Waals surface area contributed by atoms with Crippen molar-refractivity contribution in [2.45, 2.75) is 12.5 Å². The van der Waals surface area contributed by atoms with Gasteiger partial charge in [-0.3, -0.25) is 9.97 Å². The van der Waals surface area contributed by atoms with Gasteiger partial charge in [-0.05, 0) is 56.1 Å². The summed E-state index contributed by atoms with van der Waals surface area (Å²) >= 11 is 12.1. The van der Waals surface area contributed by atoms with Gasteiger partial charge in [0.2, 0.25) is 0 Å². The van der Waals surface area contributed by atoms with E-state index in [2.05, 4.69) is 41.8 Å². The number of hydrogen-bond acceptors (Lipinski definition) is 3. The van der Waals surface area contributed by atoms with E-state index >= 15 is 0 Å². The van der Waals surface area contributed by atoms with Crippen LogP contribution in [0.5, 0.6) is 0 Å². The van der Waals surface area contributed by atoms with Crippen molar-refractivity contribution in [1.29, 1.82) is 0 Å². The van der Waals surface area contributed by atoms with Crippen LogP contribution in [0, 0.1) is 0 Å². The molecule has 6 heteroatoms. The first-order valence-electron chi connectivity index (χ1n) is 5.04. The van der Waals surface area contributed by atoms with Crippen molar-refractivity contribution in [3.8, 4) is 0 Å². The number of alkyl halides is 1. The van der Waals surface area contributed by atoms with E-state index < -0.39 is 0 Å². The van der Waals surface area contributed by atoms with E-state index in [0.717, 1.165) is 14.6 Å². The molecule has 0 aromatic carbocycles. The number of pyridine rings is 2. The zero-order chi connectivity index (χ0) is 13.4. The molecule has 0 aliphatic carbocycles. The summed E-state index contributed by atoms with van der Waals surface area (Å²) in [6, 6.07) is 7.44. The van der Waals surface area contributed by atoms with E-state index in [1.807, 2.05) is 24.3 Å². The predicted octanol–water partition coefficient (Wildman–Crippen LogP) is 3.92. The minimum absolute atomic E-state index is 0.0125. The summed E-state index contributed by atoms with van der Waals surface area (Å²) in [5.74, 6) is 0.460. The van der Waals surface area contributed by atoms with Gasteiger partial charge in [-0.1, -0.05) is 0 Å². The normalized spacial score (nSPS) is 9.56. The van der Waals surface area contributed by atoms with Gasteiger partial charge in [0, 0.05) is 21.3 Å². The standard InChI is InChI=1S/C6H5BrClN.C6H6BrNO/c7-5-2-1-3-9-6(5)4-8;7-5-2-1-3-8-6(5)4-9/h1-3H,4H2;1-3,9H,4H2. The highest BCUT2D eigenvalue weighted by Crippen LogP contribution is 2.14. The van der Waals surface area contributed by atoms with Crippen LogP contribution in [0.2, 0.25) is 0 Å². The Kier molecular flexibility index (Phi) is 7.42. The highest BCUT2D eigenvalue weighted by atomic mass is 79.9. The van der Waals surface area contributed by atoms with Gasteiger partial charge >= 0.3 is 0 Å². The van der Waals surface area contributed by atoms with E-state index in [9.17, 15) is 0 Å². The molecule has 0 bridgehead atoms. The molecule has 2 aromatic rings. The Morgan fingerprint density at radius 2 is 1.50 bits per heavy atom. The highest BCUT2D eigenvalue weighted by Gasteiger charge is 1.95. The van der Waals surface area contributed by atoms with Crippen molar-refractivity contribution in [2.24, 2.45) is 0 Å². The van der Waals surface area contributed by atoms with Crippen molar-refractivity contribution >= 4 is 43.5 Å². The largest absolute Gasteiger partial charge is 0.390 e. The number of nitrogens with zero attached hydrogens (tertiary/aromatic N) is 2. The Hall–Kier alpha value is -0.490. The van der Waals surface area contributed by atoms with Crippen molar-refractivity contribution in [1.82, 2.24) is 9.97 Å². The SMILES string of the molecule is ClCc1ncccc1Br.OCc1ncccc1Br. The van der Waals surface area contributed by atoms with Crippen molar-refractivity contribution < 1.29 is 5.11 Å². The molecule has 96 valence electrons. The lowest BCUT2D eigenvalue weighted by molar-refractivity contribution is 0.276. The topological polar surface area (TPSA) is 46.0 Å². The monoisotopic (exact) mass is 392 g/mol. The average Bonchev–Trinajstić information content (AvgIpc) is 2.41. The first-order chi connectivity index (χ1) is 8.69. The minimum Gasteiger partial charge on any atom is -0.390 e. The fourth-order valence-electron chi connectivity index (χ4n) is 1.05. The van der Waals surface area contributed by atoms with E-state index in [4.69, 9.17) is 16.7 Å². The molecule has 1 N–H and O–H groups in total. The first-order valence-corrected chi connectivity index (χ1v) is 7.16. The van der Waals surface area contributed by atoms with Crippen molar-refractivity contribution in [2.75, 3.05) is 0 Å². The number of halogens is 3. The molecule has 0 atom stereocenters. The Balaban J connectivity index is 0.000000180. The maximum Gasteiger partial charge on any atom is 0.0864 e. The molecule has 3 nitrogen and oxygen atoms in total. The lowest BCUT2D eigenvalue weighted by Crippen LogP contribution is -1.87. The van der Waals surface area contributed by atoms with E-state index in [1.165, 1.54) is 0 Å². The van der Waals surface area contributed by atoms with Crippen LogP contribution in [0.4, 0.5) is 0 Å². The number of rotatable bonds is 2. The van der Waals surface area contributed by atoms with E-state index in [-0.39, 0.29) is 6.61 Å². The van der Waals surface area contributed by atoms with Gasteiger partial charge in [0.05, 0.1) is 23.9 Å². The molecule has 2 aromatic heterocycles. The quantitative estimate of drug-likeness (QED) is 0.786. The van der Waals surface area contributed by atoms with Gasteiger partial charge in [-0.2, -0.15) is 0 Å². The van der Waals surface area contributed by atoms with Gasteiger partial charge in [-0.15, -0.1) is 11.6 Å². The highest BCUT2D eigenvalue weighted by molar-refractivity contribution is 9.10. The molecule has 0 spiro atoms. The van der Waals surface area contributed by atoms with Crippen LogP contribution >= 0.6 is 43.5 Å². The number of hydrogen-bond donors (Lipinski definition) is 1. The molecular formula is C12H11Br2ClN2O. The third kappa shape index (κ3) is 5.02. The molecule has 0 amide bonds. The molecule has 0 fully saturated rings. The minimum atomic E-state index is -0.0125. The van der Waals surface area contributed by atoms with Crippen molar-refractivity contribution in [3.63, 3.8) is 0 Å². The van der Waals surface area contributed by atoms with Crippen LogP contribution < -0.4 is 0 Å². The molecule has 0 saturated carbocycles. The molecular weight excluding hydrogens is 383 g/mol. The fraction of sp³-hybridized carbons (Fsp3) is 0.167. The molecule has 2 heterocycles. The maximum atomic E-state index is 8.63. The summed E-state index contributed by atoms with van der Waals surface area (Å²) in [6.07, 6.45) is 3.37. The summed E-state index contributed by atoms with van der Waals surface area (Å²) in [7, 11) is 0. The molecule has 0 aliphatic heterocycles. The fourth-order valence-corrected chi connectivity index (χ4v) is 2.20. The summed E-state index contributed by atoms with van der Waals surface area (Å²) in [6.45, 7) is -0.0125. The average molecular weight is 394 g/mol. The lowest BCUT2D eigenvalue weighted by atomic mass is 10.4. The van der Waals surface area contributed by atoms with Crippen LogP contribution in [0.15, 0.2) is 45.6 Å². The van der Waals surface area contributed by atoms with Gasteiger partial charge < -0.3 is 5.11 Å². The molecule has 0 radical (unpaired) electrons. The molecule has 0 saturated heterocycles. The summed E-state index contributed by atoms with van der Waals surface area (Å²) in [5.41, 5.74) is 1.57. The number of aromatic nitrogens is 2. The lowest BCUT2D eigenvalue weighted by Gasteiger charge is -1.94. The van der Waals surface area contributed by atoms with Gasteiger partial charge in [-0.25, -0.2) is 0 Å². The summed E-state index contributed by atoms with van der Waals surface area (Å²) < 4.78 is 1.83. The Morgan fingerprint density at radius 3 is 1.78 bits per heavy atom. The maximum absolute atomic E-state index is 8.63. The molecule has 0 aliphatic rings. The number of aliphatic hydroxyl groups excluding tert-OH is 1.